The van der Waals surface area contributed by atoms with Crippen molar-refractivity contribution in [3.8, 4) is 5.75 Å². The summed E-state index contributed by atoms with van der Waals surface area (Å²) < 4.78 is 19.5. The van der Waals surface area contributed by atoms with Gasteiger partial charge in [-0.3, -0.25) is 0 Å². The summed E-state index contributed by atoms with van der Waals surface area (Å²) in [5.74, 6) is 1.29. The number of rotatable bonds is 2. The lowest BCUT2D eigenvalue weighted by atomic mass is 9.86. The van der Waals surface area contributed by atoms with Crippen molar-refractivity contribution in [2.75, 3.05) is 20.6 Å². The summed E-state index contributed by atoms with van der Waals surface area (Å²) in [5, 5.41) is 0. The first-order valence-electron chi connectivity index (χ1n) is 6.71. The monoisotopic (exact) mass is 285 g/mol. The zero-order valence-corrected chi connectivity index (χ0v) is 12.3. The Balaban J connectivity index is 0.00000133. The minimum atomic E-state index is -0.156. The highest BCUT2D eigenvalue weighted by atomic mass is 35.5. The number of fused-ring (bicyclic) bond motifs is 1. The first-order chi connectivity index (χ1) is 8.59. The van der Waals surface area contributed by atoms with Crippen LogP contribution in [0.4, 0.5) is 4.39 Å². The minimum Gasteiger partial charge on any atom is -0.486 e. The van der Waals surface area contributed by atoms with Crippen molar-refractivity contribution >= 4 is 12.4 Å². The molecule has 1 heterocycles. The molecule has 19 heavy (non-hydrogen) atoms. The lowest BCUT2D eigenvalue weighted by Gasteiger charge is -2.32. The molecule has 1 aliphatic carbocycles. The molecule has 1 spiro atoms. The van der Waals surface area contributed by atoms with Gasteiger partial charge in [0.1, 0.15) is 17.2 Å². The van der Waals surface area contributed by atoms with Crippen LogP contribution >= 0.6 is 12.4 Å². The Kier molecular flexibility index (Phi) is 4.07. The largest absolute Gasteiger partial charge is 0.486 e. The molecule has 0 aromatic heterocycles. The summed E-state index contributed by atoms with van der Waals surface area (Å²) in [4.78, 5) is 2.23. The van der Waals surface area contributed by atoms with Gasteiger partial charge in [0.15, 0.2) is 0 Å². The summed E-state index contributed by atoms with van der Waals surface area (Å²) in [7, 11) is 4.21. The van der Waals surface area contributed by atoms with Crippen LogP contribution in [0.3, 0.4) is 0 Å². The van der Waals surface area contributed by atoms with Gasteiger partial charge in [-0.15, -0.1) is 12.4 Å². The van der Waals surface area contributed by atoms with E-state index >= 15 is 0 Å². The molecule has 1 saturated carbocycles. The van der Waals surface area contributed by atoms with Gasteiger partial charge < -0.3 is 9.64 Å². The van der Waals surface area contributed by atoms with Gasteiger partial charge in [-0.05, 0) is 51.6 Å². The highest BCUT2D eigenvalue weighted by Crippen LogP contribution is 2.48. The lowest BCUT2D eigenvalue weighted by Crippen LogP contribution is -2.42. The second kappa shape index (κ2) is 5.29. The van der Waals surface area contributed by atoms with Crippen molar-refractivity contribution in [2.24, 2.45) is 5.92 Å². The number of nitrogens with zero attached hydrogens (tertiary/aromatic N) is 1. The average Bonchev–Trinajstić information content (AvgIpc) is 2.83. The third-order valence-electron chi connectivity index (χ3n) is 4.31. The van der Waals surface area contributed by atoms with E-state index in [-0.39, 0.29) is 23.8 Å². The van der Waals surface area contributed by atoms with Gasteiger partial charge in [0.2, 0.25) is 0 Å². The first-order valence-corrected chi connectivity index (χ1v) is 6.71. The van der Waals surface area contributed by atoms with E-state index in [2.05, 4.69) is 19.0 Å². The smallest absolute Gasteiger partial charge is 0.123 e. The summed E-state index contributed by atoms with van der Waals surface area (Å²) in [6, 6.07) is 4.91. The van der Waals surface area contributed by atoms with Gasteiger partial charge >= 0.3 is 0 Å². The van der Waals surface area contributed by atoms with Crippen LogP contribution in [-0.2, 0) is 6.42 Å². The lowest BCUT2D eigenvalue weighted by molar-refractivity contribution is 0.0408. The molecule has 1 aliphatic heterocycles. The Hall–Kier alpha value is -0.800. The van der Waals surface area contributed by atoms with Crippen LogP contribution < -0.4 is 4.74 Å². The highest BCUT2D eigenvalue weighted by molar-refractivity contribution is 5.85. The number of hydrogen-bond acceptors (Lipinski definition) is 2. The van der Waals surface area contributed by atoms with E-state index in [1.807, 2.05) is 0 Å². The molecule has 3 rings (SSSR count). The molecule has 106 valence electrons. The van der Waals surface area contributed by atoms with Gasteiger partial charge in [-0.2, -0.15) is 0 Å². The summed E-state index contributed by atoms with van der Waals surface area (Å²) in [6.45, 7) is 1.05. The molecular formula is C15H21ClFNO. The van der Waals surface area contributed by atoms with Crippen molar-refractivity contribution in [3.63, 3.8) is 0 Å². The normalized spacial score (nSPS) is 28.3. The number of ether oxygens (including phenoxy) is 1. The quantitative estimate of drug-likeness (QED) is 0.827. The SMILES string of the molecule is CN(C)CC1CCCC12Cc1cc(F)ccc1O2.Cl. The van der Waals surface area contributed by atoms with E-state index in [1.165, 1.54) is 18.9 Å². The van der Waals surface area contributed by atoms with Crippen LogP contribution in [0.1, 0.15) is 24.8 Å². The molecule has 1 fully saturated rings. The molecule has 0 N–H and O–H groups in total. The molecule has 2 aliphatic rings. The van der Waals surface area contributed by atoms with E-state index in [0.29, 0.717) is 5.92 Å². The van der Waals surface area contributed by atoms with Gasteiger partial charge in [-0.1, -0.05) is 0 Å². The van der Waals surface area contributed by atoms with E-state index in [9.17, 15) is 4.39 Å². The second-order valence-electron chi connectivity index (χ2n) is 5.95. The third kappa shape index (κ3) is 2.59. The van der Waals surface area contributed by atoms with Gasteiger partial charge in [-0.25, -0.2) is 4.39 Å². The van der Waals surface area contributed by atoms with Crippen molar-refractivity contribution < 1.29 is 9.13 Å². The Labute approximate surface area is 120 Å². The van der Waals surface area contributed by atoms with E-state index in [1.54, 1.807) is 12.1 Å². The average molecular weight is 286 g/mol. The number of benzene rings is 1. The predicted octanol–water partition coefficient (Wildman–Crippen LogP) is 3.28. The fourth-order valence-corrected chi connectivity index (χ4v) is 3.54. The number of hydrogen-bond donors (Lipinski definition) is 0. The summed E-state index contributed by atoms with van der Waals surface area (Å²) >= 11 is 0. The van der Waals surface area contributed by atoms with Gasteiger partial charge in [0.05, 0.1) is 0 Å². The zero-order valence-electron chi connectivity index (χ0n) is 11.5. The van der Waals surface area contributed by atoms with Crippen molar-refractivity contribution in [3.05, 3.63) is 29.6 Å². The maximum Gasteiger partial charge on any atom is 0.123 e. The molecule has 0 saturated heterocycles. The molecule has 1 aromatic carbocycles. The second-order valence-corrected chi connectivity index (χ2v) is 5.95. The molecular weight excluding hydrogens is 265 g/mol. The van der Waals surface area contributed by atoms with Crippen molar-refractivity contribution in [1.82, 2.24) is 4.90 Å². The Morgan fingerprint density at radius 2 is 2.21 bits per heavy atom. The molecule has 0 radical (unpaired) electrons. The number of halogens is 2. The predicted molar refractivity (Wildman–Crippen MR) is 76.6 cm³/mol. The standard InChI is InChI=1S/C15H20FNO.ClH/c1-17(2)10-12-4-3-7-15(12)9-11-8-13(16)5-6-14(11)18-15;/h5-6,8,12H,3-4,7,9-10H2,1-2H3;1H. The summed E-state index contributed by atoms with van der Waals surface area (Å²) in [6.07, 6.45) is 4.41. The minimum absolute atomic E-state index is 0. The fraction of sp³-hybridized carbons (Fsp3) is 0.600. The van der Waals surface area contributed by atoms with E-state index in [0.717, 1.165) is 30.7 Å². The van der Waals surface area contributed by atoms with E-state index in [4.69, 9.17) is 4.74 Å². The molecule has 1 aromatic rings. The van der Waals surface area contributed by atoms with E-state index < -0.39 is 0 Å². The van der Waals surface area contributed by atoms with Crippen LogP contribution in [0.2, 0.25) is 0 Å². The fourth-order valence-electron chi connectivity index (χ4n) is 3.54. The van der Waals surface area contributed by atoms with Crippen LogP contribution in [-0.4, -0.2) is 31.1 Å². The van der Waals surface area contributed by atoms with Gasteiger partial charge in [0, 0.05) is 24.4 Å². The van der Waals surface area contributed by atoms with Crippen LogP contribution in [0.5, 0.6) is 5.75 Å². The zero-order chi connectivity index (χ0) is 12.8. The molecule has 0 bridgehead atoms. The first kappa shape index (κ1) is 14.6. The maximum absolute atomic E-state index is 13.3. The molecule has 2 atom stereocenters. The van der Waals surface area contributed by atoms with Crippen LogP contribution in [0, 0.1) is 11.7 Å². The maximum atomic E-state index is 13.3. The Morgan fingerprint density at radius 1 is 1.42 bits per heavy atom. The molecule has 4 heteroatoms. The molecule has 2 nitrogen and oxygen atoms in total. The van der Waals surface area contributed by atoms with Gasteiger partial charge in [0.25, 0.3) is 0 Å². The highest BCUT2D eigenvalue weighted by Gasteiger charge is 2.49. The molecule has 2 unspecified atom stereocenters. The topological polar surface area (TPSA) is 12.5 Å². The third-order valence-corrected chi connectivity index (χ3v) is 4.31. The Morgan fingerprint density at radius 3 is 2.95 bits per heavy atom. The Bertz CT molecular complexity index is 465. The molecule has 0 amide bonds. The van der Waals surface area contributed by atoms with Crippen molar-refractivity contribution in [1.29, 1.82) is 0 Å². The summed E-state index contributed by atoms with van der Waals surface area (Å²) in [5.41, 5.74) is 0.973. The van der Waals surface area contributed by atoms with Crippen LogP contribution in [0.15, 0.2) is 18.2 Å². The van der Waals surface area contributed by atoms with Crippen LogP contribution in [0.25, 0.3) is 0 Å². The van der Waals surface area contributed by atoms with Crippen molar-refractivity contribution in [2.45, 2.75) is 31.3 Å².